The Balaban J connectivity index is 1.68. The van der Waals surface area contributed by atoms with Crippen molar-refractivity contribution >= 4 is 12.1 Å². The number of benzene rings is 1. The third-order valence-electron chi connectivity index (χ3n) is 3.59. The number of aryl methyl sites for hydroxylation is 2. The lowest BCUT2D eigenvalue weighted by atomic mass is 10.2. The fourth-order valence-electron chi connectivity index (χ4n) is 2.30. The minimum Gasteiger partial charge on any atom is -0.324 e. The van der Waals surface area contributed by atoms with Crippen LogP contribution >= 0.6 is 0 Å². The maximum atomic E-state index is 13.7. The van der Waals surface area contributed by atoms with Crippen molar-refractivity contribution in [2.24, 2.45) is 12.1 Å². The zero-order chi connectivity index (χ0) is 17.1. The van der Waals surface area contributed by atoms with E-state index in [1.54, 1.807) is 19.1 Å². The molecule has 0 aliphatic heterocycles. The highest BCUT2D eigenvalue weighted by molar-refractivity contribution is 5.95. The van der Waals surface area contributed by atoms with E-state index < -0.39 is 5.95 Å². The smallest absolute Gasteiger partial charge is 0.271 e. The van der Waals surface area contributed by atoms with Crippen molar-refractivity contribution in [3.63, 3.8) is 0 Å². The monoisotopic (exact) mass is 325 g/mol. The van der Waals surface area contributed by atoms with E-state index in [1.807, 2.05) is 41.2 Å². The van der Waals surface area contributed by atoms with E-state index in [0.717, 1.165) is 10.4 Å². The van der Waals surface area contributed by atoms with Gasteiger partial charge < -0.3 is 4.57 Å². The summed E-state index contributed by atoms with van der Waals surface area (Å²) >= 11 is 0. The molecule has 24 heavy (non-hydrogen) atoms. The first-order valence-corrected chi connectivity index (χ1v) is 7.32. The second-order valence-electron chi connectivity index (χ2n) is 5.25. The standard InChI is InChI=1S/C17H16FN5O/c1-12-15(16(18)22(2)21-12)11-19-20-17(24)13-5-7-14(8-6-13)23-9-3-4-10-23/h3-11H,1-2H3,(H,20,24)/b19-11-. The molecular formula is C17H16FN5O. The van der Waals surface area contributed by atoms with E-state index in [2.05, 4.69) is 15.6 Å². The summed E-state index contributed by atoms with van der Waals surface area (Å²) in [4.78, 5) is 12.1. The second-order valence-corrected chi connectivity index (χ2v) is 5.25. The van der Waals surface area contributed by atoms with Gasteiger partial charge in [0.2, 0.25) is 5.95 Å². The molecule has 0 radical (unpaired) electrons. The van der Waals surface area contributed by atoms with Crippen LogP contribution in [0, 0.1) is 12.9 Å². The molecule has 3 rings (SSSR count). The Kier molecular flexibility index (Phi) is 4.24. The Hall–Kier alpha value is -3.22. The van der Waals surface area contributed by atoms with Gasteiger partial charge in [-0.25, -0.2) is 10.1 Å². The van der Waals surface area contributed by atoms with Gasteiger partial charge in [0.05, 0.1) is 17.5 Å². The third-order valence-corrected chi connectivity index (χ3v) is 3.59. The molecule has 0 saturated carbocycles. The summed E-state index contributed by atoms with van der Waals surface area (Å²) in [5.74, 6) is -0.867. The number of nitrogens with zero attached hydrogens (tertiary/aromatic N) is 4. The maximum absolute atomic E-state index is 13.7. The predicted molar refractivity (Wildman–Crippen MR) is 88.7 cm³/mol. The van der Waals surface area contributed by atoms with Gasteiger partial charge in [-0.05, 0) is 43.3 Å². The molecule has 2 aromatic heterocycles. The van der Waals surface area contributed by atoms with Crippen LogP contribution < -0.4 is 5.43 Å². The van der Waals surface area contributed by atoms with E-state index >= 15 is 0 Å². The Labute approximate surface area is 138 Å². The molecule has 0 atom stereocenters. The summed E-state index contributed by atoms with van der Waals surface area (Å²) in [5.41, 5.74) is 4.56. The minimum atomic E-state index is -0.499. The summed E-state index contributed by atoms with van der Waals surface area (Å²) in [6.07, 6.45) is 5.10. The molecule has 0 aliphatic carbocycles. The van der Waals surface area contributed by atoms with Crippen molar-refractivity contribution < 1.29 is 9.18 Å². The molecule has 3 aromatic rings. The number of amides is 1. The first-order chi connectivity index (χ1) is 11.6. The van der Waals surface area contributed by atoms with E-state index in [1.165, 1.54) is 13.3 Å². The lowest BCUT2D eigenvalue weighted by Crippen LogP contribution is -2.17. The quantitative estimate of drug-likeness (QED) is 0.591. The van der Waals surface area contributed by atoms with Crippen LogP contribution in [0.4, 0.5) is 4.39 Å². The van der Waals surface area contributed by atoms with Gasteiger partial charge in [-0.2, -0.15) is 14.6 Å². The van der Waals surface area contributed by atoms with E-state index in [-0.39, 0.29) is 11.5 Å². The lowest BCUT2D eigenvalue weighted by molar-refractivity contribution is 0.0955. The van der Waals surface area contributed by atoms with Crippen molar-refractivity contribution in [2.45, 2.75) is 6.92 Å². The normalized spacial score (nSPS) is 11.1. The molecule has 0 fully saturated rings. The first-order valence-electron chi connectivity index (χ1n) is 7.32. The van der Waals surface area contributed by atoms with Crippen LogP contribution in [0.1, 0.15) is 21.6 Å². The summed E-state index contributed by atoms with van der Waals surface area (Å²) in [6.45, 7) is 1.67. The summed E-state index contributed by atoms with van der Waals surface area (Å²) in [7, 11) is 1.50. The van der Waals surface area contributed by atoms with Crippen LogP contribution in [0.25, 0.3) is 5.69 Å². The fourth-order valence-corrected chi connectivity index (χ4v) is 2.30. The molecule has 122 valence electrons. The molecule has 0 spiro atoms. The van der Waals surface area contributed by atoms with E-state index in [4.69, 9.17) is 0 Å². The van der Waals surface area contributed by atoms with Crippen LogP contribution in [0.15, 0.2) is 53.9 Å². The number of nitrogens with one attached hydrogen (secondary N) is 1. The molecule has 1 amide bonds. The summed E-state index contributed by atoms with van der Waals surface area (Å²) in [6, 6.07) is 10.9. The zero-order valence-corrected chi connectivity index (χ0v) is 13.3. The van der Waals surface area contributed by atoms with Gasteiger partial charge in [0.25, 0.3) is 5.91 Å². The highest BCUT2D eigenvalue weighted by atomic mass is 19.1. The van der Waals surface area contributed by atoms with Crippen LogP contribution in [0.2, 0.25) is 0 Å². The number of hydrogen-bond donors (Lipinski definition) is 1. The van der Waals surface area contributed by atoms with Crippen molar-refractivity contribution in [2.75, 3.05) is 0 Å². The maximum Gasteiger partial charge on any atom is 0.271 e. The Bertz CT molecular complexity index is 879. The number of halogens is 1. The van der Waals surface area contributed by atoms with Crippen LogP contribution in [0.3, 0.4) is 0 Å². The molecule has 0 bridgehead atoms. The highest BCUT2D eigenvalue weighted by Gasteiger charge is 2.10. The van der Waals surface area contributed by atoms with Crippen LogP contribution in [0.5, 0.6) is 0 Å². The Morgan fingerprint density at radius 2 is 1.92 bits per heavy atom. The van der Waals surface area contributed by atoms with E-state index in [9.17, 15) is 9.18 Å². The van der Waals surface area contributed by atoms with Gasteiger partial charge in [0, 0.05) is 30.7 Å². The van der Waals surface area contributed by atoms with Gasteiger partial charge in [-0.3, -0.25) is 4.79 Å². The van der Waals surface area contributed by atoms with E-state index in [0.29, 0.717) is 11.3 Å². The average molecular weight is 325 g/mol. The topological polar surface area (TPSA) is 64.2 Å². The van der Waals surface area contributed by atoms with Crippen molar-refractivity contribution in [1.82, 2.24) is 19.8 Å². The van der Waals surface area contributed by atoms with Crippen LogP contribution in [-0.4, -0.2) is 26.5 Å². The molecule has 7 heteroatoms. The van der Waals surface area contributed by atoms with Crippen molar-refractivity contribution in [1.29, 1.82) is 0 Å². The second kappa shape index (κ2) is 6.49. The molecule has 0 aliphatic rings. The average Bonchev–Trinajstić information content (AvgIpc) is 3.19. The Morgan fingerprint density at radius 1 is 1.25 bits per heavy atom. The highest BCUT2D eigenvalue weighted by Crippen LogP contribution is 2.10. The Morgan fingerprint density at radius 3 is 2.50 bits per heavy atom. The summed E-state index contributed by atoms with van der Waals surface area (Å²) < 4.78 is 16.8. The fraction of sp³-hybridized carbons (Fsp3) is 0.118. The first kappa shape index (κ1) is 15.7. The largest absolute Gasteiger partial charge is 0.324 e. The van der Waals surface area contributed by atoms with Gasteiger partial charge in [-0.1, -0.05) is 0 Å². The number of hydrogen-bond acceptors (Lipinski definition) is 3. The number of rotatable bonds is 4. The molecule has 1 aromatic carbocycles. The lowest BCUT2D eigenvalue weighted by Gasteiger charge is -2.04. The SMILES string of the molecule is Cc1nn(C)c(F)c1/C=N\NC(=O)c1ccc(-n2cccc2)cc1. The molecule has 0 saturated heterocycles. The zero-order valence-electron chi connectivity index (χ0n) is 13.3. The summed E-state index contributed by atoms with van der Waals surface area (Å²) in [5, 5.41) is 7.74. The third kappa shape index (κ3) is 3.10. The molecule has 1 N–H and O–H groups in total. The number of hydrazone groups is 1. The van der Waals surface area contributed by atoms with Crippen molar-refractivity contribution in [3.05, 3.63) is 71.6 Å². The van der Waals surface area contributed by atoms with Gasteiger partial charge in [-0.15, -0.1) is 0 Å². The number of aromatic nitrogens is 3. The van der Waals surface area contributed by atoms with Gasteiger partial charge in [0.1, 0.15) is 0 Å². The van der Waals surface area contributed by atoms with Crippen molar-refractivity contribution in [3.8, 4) is 5.69 Å². The van der Waals surface area contributed by atoms with Crippen LogP contribution in [-0.2, 0) is 7.05 Å². The number of carbonyl (C=O) groups excluding carboxylic acids is 1. The number of carbonyl (C=O) groups is 1. The van der Waals surface area contributed by atoms with Gasteiger partial charge in [0.15, 0.2) is 0 Å². The molecule has 0 unspecified atom stereocenters. The molecule has 2 heterocycles. The molecule has 6 nitrogen and oxygen atoms in total. The molecular weight excluding hydrogens is 309 g/mol. The minimum absolute atomic E-state index is 0.251. The van der Waals surface area contributed by atoms with Gasteiger partial charge >= 0.3 is 0 Å². The predicted octanol–water partition coefficient (Wildman–Crippen LogP) is 2.42.